The smallest absolute Gasteiger partial charge is 0.317 e. The molecule has 1 N–H and O–H groups in total. The summed E-state index contributed by atoms with van der Waals surface area (Å²) >= 11 is 0. The molecule has 0 unspecified atom stereocenters. The third kappa shape index (κ3) is 3.85. The second kappa shape index (κ2) is 7.72. The van der Waals surface area contributed by atoms with Crippen molar-refractivity contribution in [3.8, 4) is 5.69 Å². The second-order valence-corrected chi connectivity index (χ2v) is 6.11. The highest BCUT2D eigenvalue weighted by Gasteiger charge is 2.16. The van der Waals surface area contributed by atoms with Gasteiger partial charge in [0.1, 0.15) is 6.33 Å². The van der Waals surface area contributed by atoms with Gasteiger partial charge in [-0.1, -0.05) is 18.2 Å². The molecule has 3 rings (SSSR count). The van der Waals surface area contributed by atoms with Crippen molar-refractivity contribution in [3.05, 3.63) is 48.3 Å². The summed E-state index contributed by atoms with van der Waals surface area (Å²) in [6, 6.07) is 9.49. The van der Waals surface area contributed by atoms with E-state index in [4.69, 9.17) is 0 Å². The molecule has 0 radical (unpaired) electrons. The van der Waals surface area contributed by atoms with Crippen LogP contribution in [0.2, 0.25) is 0 Å². The summed E-state index contributed by atoms with van der Waals surface area (Å²) in [6.07, 6.45) is 1.67. The molecule has 26 heavy (non-hydrogen) atoms. The van der Waals surface area contributed by atoms with E-state index >= 15 is 0 Å². The van der Waals surface area contributed by atoms with Crippen LogP contribution in [-0.4, -0.2) is 53.0 Å². The summed E-state index contributed by atoms with van der Waals surface area (Å²) in [4.78, 5) is 13.9. The van der Waals surface area contributed by atoms with Gasteiger partial charge in [-0.15, -0.1) is 15.3 Å². The molecule has 0 aliphatic heterocycles. The summed E-state index contributed by atoms with van der Waals surface area (Å²) < 4.78 is 3.52. The quantitative estimate of drug-likeness (QED) is 0.711. The van der Waals surface area contributed by atoms with E-state index < -0.39 is 0 Å². The Bertz CT molecular complexity index is 855. The molecule has 2 heterocycles. The third-order valence-corrected chi connectivity index (χ3v) is 3.86. The summed E-state index contributed by atoms with van der Waals surface area (Å²) in [5, 5.41) is 22.5. The van der Waals surface area contributed by atoms with E-state index in [9.17, 15) is 4.79 Å². The molecule has 0 fully saturated rings. The van der Waals surface area contributed by atoms with E-state index in [0.29, 0.717) is 12.4 Å². The standard InChI is InChI=1S/C16H21N9O/c1-12(2)24-11-18-19-15(24)10-23(3)16(26)17-9-14-20-21-22-25(14)13-7-5-4-6-8-13/h4-8,11-12H,9-10H2,1-3H3,(H,17,26). The lowest BCUT2D eigenvalue weighted by Gasteiger charge is -2.18. The maximum atomic E-state index is 12.4. The van der Waals surface area contributed by atoms with Crippen molar-refractivity contribution in [2.75, 3.05) is 7.05 Å². The van der Waals surface area contributed by atoms with Crippen molar-refractivity contribution in [1.29, 1.82) is 0 Å². The highest BCUT2D eigenvalue weighted by molar-refractivity contribution is 5.73. The van der Waals surface area contributed by atoms with Gasteiger partial charge in [-0.25, -0.2) is 4.79 Å². The van der Waals surface area contributed by atoms with Gasteiger partial charge >= 0.3 is 6.03 Å². The molecule has 0 spiro atoms. The molecule has 0 aliphatic rings. The Hall–Kier alpha value is -3.30. The van der Waals surface area contributed by atoms with E-state index in [2.05, 4.69) is 31.0 Å². The Morgan fingerprint density at radius 2 is 1.96 bits per heavy atom. The fourth-order valence-corrected chi connectivity index (χ4v) is 2.47. The van der Waals surface area contributed by atoms with Crippen LogP contribution in [0.3, 0.4) is 0 Å². The molecule has 0 aliphatic carbocycles. The summed E-state index contributed by atoms with van der Waals surface area (Å²) in [5.41, 5.74) is 0.833. The largest absolute Gasteiger partial charge is 0.331 e. The van der Waals surface area contributed by atoms with E-state index in [-0.39, 0.29) is 18.6 Å². The topological polar surface area (TPSA) is 107 Å². The molecule has 0 saturated heterocycles. The molecule has 10 nitrogen and oxygen atoms in total. The minimum Gasteiger partial charge on any atom is -0.331 e. The Morgan fingerprint density at radius 1 is 1.19 bits per heavy atom. The number of amides is 2. The number of benzene rings is 1. The van der Waals surface area contributed by atoms with Gasteiger partial charge in [-0.05, 0) is 36.4 Å². The van der Waals surface area contributed by atoms with E-state index in [1.54, 1.807) is 23.0 Å². The molecular formula is C16H21N9O. The minimum atomic E-state index is -0.245. The first-order chi connectivity index (χ1) is 12.6. The first kappa shape index (κ1) is 17.5. The molecule has 2 amide bonds. The number of hydrogen-bond acceptors (Lipinski definition) is 6. The molecule has 10 heteroatoms. The first-order valence-electron chi connectivity index (χ1n) is 8.26. The fraction of sp³-hybridized carbons (Fsp3) is 0.375. The van der Waals surface area contributed by atoms with E-state index in [1.165, 1.54) is 0 Å². The number of nitrogens with zero attached hydrogens (tertiary/aromatic N) is 8. The van der Waals surface area contributed by atoms with Gasteiger partial charge in [0.15, 0.2) is 11.6 Å². The fourth-order valence-electron chi connectivity index (χ4n) is 2.47. The van der Waals surface area contributed by atoms with Crippen molar-refractivity contribution in [2.45, 2.75) is 33.0 Å². The maximum absolute atomic E-state index is 12.4. The molecule has 0 saturated carbocycles. The van der Waals surface area contributed by atoms with Crippen molar-refractivity contribution in [1.82, 2.24) is 45.2 Å². The third-order valence-electron chi connectivity index (χ3n) is 3.86. The summed E-state index contributed by atoms with van der Waals surface area (Å²) in [7, 11) is 1.70. The lowest BCUT2D eigenvalue weighted by molar-refractivity contribution is 0.204. The lowest BCUT2D eigenvalue weighted by atomic mass is 10.3. The van der Waals surface area contributed by atoms with Crippen LogP contribution in [0.4, 0.5) is 4.79 Å². The van der Waals surface area contributed by atoms with Crippen LogP contribution in [-0.2, 0) is 13.1 Å². The average Bonchev–Trinajstić information content (AvgIpc) is 3.29. The van der Waals surface area contributed by atoms with Gasteiger partial charge in [0.2, 0.25) is 0 Å². The van der Waals surface area contributed by atoms with Gasteiger partial charge in [-0.3, -0.25) is 0 Å². The molecule has 1 aromatic carbocycles. The van der Waals surface area contributed by atoms with Crippen LogP contribution in [0, 0.1) is 0 Å². The molecule has 0 atom stereocenters. The zero-order valence-corrected chi connectivity index (χ0v) is 14.9. The lowest BCUT2D eigenvalue weighted by Crippen LogP contribution is -2.37. The van der Waals surface area contributed by atoms with Gasteiger partial charge < -0.3 is 14.8 Å². The molecule has 2 aromatic heterocycles. The maximum Gasteiger partial charge on any atom is 0.317 e. The predicted molar refractivity (Wildman–Crippen MR) is 93.3 cm³/mol. The number of tetrazole rings is 1. The second-order valence-electron chi connectivity index (χ2n) is 6.11. The number of aromatic nitrogens is 7. The predicted octanol–water partition coefficient (Wildman–Crippen LogP) is 1.18. The highest BCUT2D eigenvalue weighted by Crippen LogP contribution is 2.09. The average molecular weight is 355 g/mol. The Labute approximate surface area is 150 Å². The van der Waals surface area contributed by atoms with E-state index in [0.717, 1.165) is 11.5 Å². The Morgan fingerprint density at radius 3 is 2.69 bits per heavy atom. The molecule has 3 aromatic rings. The zero-order chi connectivity index (χ0) is 18.5. The van der Waals surface area contributed by atoms with Crippen LogP contribution in [0.15, 0.2) is 36.7 Å². The summed E-state index contributed by atoms with van der Waals surface area (Å²) in [5.74, 6) is 1.27. The Kier molecular flexibility index (Phi) is 5.20. The Balaban J connectivity index is 1.61. The van der Waals surface area contributed by atoms with Crippen LogP contribution < -0.4 is 5.32 Å². The van der Waals surface area contributed by atoms with Crippen LogP contribution in [0.5, 0.6) is 0 Å². The van der Waals surface area contributed by atoms with Crippen LogP contribution >= 0.6 is 0 Å². The first-order valence-corrected chi connectivity index (χ1v) is 8.26. The van der Waals surface area contributed by atoms with E-state index in [1.807, 2.05) is 48.7 Å². The van der Waals surface area contributed by atoms with Crippen LogP contribution in [0.25, 0.3) is 5.69 Å². The van der Waals surface area contributed by atoms with Crippen LogP contribution in [0.1, 0.15) is 31.5 Å². The molecular weight excluding hydrogens is 334 g/mol. The van der Waals surface area contributed by atoms with Gasteiger partial charge in [0.05, 0.1) is 18.8 Å². The van der Waals surface area contributed by atoms with Gasteiger partial charge in [-0.2, -0.15) is 4.68 Å². The van der Waals surface area contributed by atoms with Gasteiger partial charge in [0, 0.05) is 13.1 Å². The molecule has 136 valence electrons. The number of rotatable bonds is 6. The van der Waals surface area contributed by atoms with Crippen molar-refractivity contribution >= 4 is 6.03 Å². The van der Waals surface area contributed by atoms with Crippen molar-refractivity contribution in [3.63, 3.8) is 0 Å². The monoisotopic (exact) mass is 355 g/mol. The highest BCUT2D eigenvalue weighted by atomic mass is 16.2. The number of hydrogen-bond donors (Lipinski definition) is 1. The normalized spacial score (nSPS) is 10.9. The van der Waals surface area contributed by atoms with Gasteiger partial charge in [0.25, 0.3) is 0 Å². The zero-order valence-electron chi connectivity index (χ0n) is 14.9. The molecule has 0 bridgehead atoms. The number of nitrogens with one attached hydrogen (secondary N) is 1. The number of urea groups is 1. The minimum absolute atomic E-state index is 0.210. The summed E-state index contributed by atoms with van der Waals surface area (Å²) in [6.45, 7) is 4.64. The van der Waals surface area contributed by atoms with Crippen molar-refractivity contribution < 1.29 is 4.79 Å². The SMILES string of the molecule is CC(C)n1cnnc1CN(C)C(=O)NCc1nnnn1-c1ccccc1. The number of carbonyl (C=O) groups excluding carboxylic acids is 1. The van der Waals surface area contributed by atoms with Crippen molar-refractivity contribution in [2.24, 2.45) is 0 Å². The number of carbonyl (C=O) groups is 1. The number of para-hydroxylation sites is 1.